The first-order valence-electron chi connectivity index (χ1n) is 5.80. The molecular formula is C12H16N4OS. The van der Waals surface area contributed by atoms with Gasteiger partial charge in [0.2, 0.25) is 5.16 Å². The van der Waals surface area contributed by atoms with E-state index in [9.17, 15) is 0 Å². The maximum atomic E-state index is 8.97. The fourth-order valence-electron chi connectivity index (χ4n) is 1.49. The molecule has 0 aliphatic rings. The lowest BCUT2D eigenvalue weighted by Crippen LogP contribution is -2.04. The van der Waals surface area contributed by atoms with Crippen molar-refractivity contribution in [1.29, 1.82) is 0 Å². The van der Waals surface area contributed by atoms with E-state index in [1.165, 1.54) is 5.56 Å². The van der Waals surface area contributed by atoms with Gasteiger partial charge >= 0.3 is 0 Å². The zero-order valence-electron chi connectivity index (χ0n) is 10.4. The topological polar surface area (TPSA) is 63.8 Å². The van der Waals surface area contributed by atoms with E-state index in [4.69, 9.17) is 5.11 Å². The smallest absolute Gasteiger partial charge is 0.209 e. The van der Waals surface area contributed by atoms with Crippen LogP contribution in [0.1, 0.15) is 31.0 Å². The summed E-state index contributed by atoms with van der Waals surface area (Å²) in [7, 11) is 0. The number of thioether (sulfide) groups is 1. The number of aliphatic hydroxyl groups is 1. The monoisotopic (exact) mass is 264 g/mol. The molecule has 1 heterocycles. The molecule has 96 valence electrons. The molecule has 0 radical (unpaired) electrons. The lowest BCUT2D eigenvalue weighted by atomic mass is 10.2. The minimum atomic E-state index is 0.0824. The molecule has 1 aromatic carbocycles. The van der Waals surface area contributed by atoms with E-state index in [2.05, 4.69) is 29.4 Å². The van der Waals surface area contributed by atoms with Gasteiger partial charge in [-0.3, -0.25) is 0 Å². The largest absolute Gasteiger partial charge is 0.392 e. The molecule has 0 aliphatic heterocycles. The number of aliphatic hydroxyl groups excluding tert-OH is 1. The van der Waals surface area contributed by atoms with E-state index in [0.717, 1.165) is 16.5 Å². The van der Waals surface area contributed by atoms with Crippen LogP contribution in [0.4, 0.5) is 0 Å². The maximum absolute atomic E-state index is 8.97. The van der Waals surface area contributed by atoms with Gasteiger partial charge in [-0.05, 0) is 35.4 Å². The van der Waals surface area contributed by atoms with Crippen LogP contribution in [-0.4, -0.2) is 25.3 Å². The molecule has 0 amide bonds. The minimum absolute atomic E-state index is 0.0824. The molecule has 2 aromatic rings. The van der Waals surface area contributed by atoms with Gasteiger partial charge in [0, 0.05) is 5.75 Å². The van der Waals surface area contributed by atoms with Crippen LogP contribution in [0.25, 0.3) is 0 Å². The van der Waals surface area contributed by atoms with Crippen molar-refractivity contribution >= 4 is 11.8 Å². The normalized spacial score (nSPS) is 11.1. The van der Waals surface area contributed by atoms with E-state index >= 15 is 0 Å². The summed E-state index contributed by atoms with van der Waals surface area (Å²) in [6, 6.07) is 8.16. The Morgan fingerprint density at radius 2 is 1.89 bits per heavy atom. The molecule has 2 rings (SSSR count). The van der Waals surface area contributed by atoms with Crippen LogP contribution < -0.4 is 0 Å². The van der Waals surface area contributed by atoms with Gasteiger partial charge in [-0.25, -0.2) is 4.68 Å². The SMILES string of the molecule is CC(C)n1nnnc1SCc1ccc(CO)cc1. The molecule has 18 heavy (non-hydrogen) atoms. The van der Waals surface area contributed by atoms with Crippen LogP contribution in [0.5, 0.6) is 0 Å². The van der Waals surface area contributed by atoms with Gasteiger partial charge in [-0.1, -0.05) is 36.0 Å². The Hall–Kier alpha value is -1.40. The van der Waals surface area contributed by atoms with E-state index in [1.54, 1.807) is 11.8 Å². The Bertz CT molecular complexity index is 495. The summed E-state index contributed by atoms with van der Waals surface area (Å²) >= 11 is 1.61. The molecule has 0 atom stereocenters. The third-order valence-electron chi connectivity index (χ3n) is 2.53. The summed E-state index contributed by atoms with van der Waals surface area (Å²) in [5.41, 5.74) is 2.12. The highest BCUT2D eigenvalue weighted by molar-refractivity contribution is 7.98. The standard InChI is InChI=1S/C12H16N4OS/c1-9(2)16-12(13-14-15-16)18-8-11-5-3-10(7-17)4-6-11/h3-6,9,17H,7-8H2,1-2H3. The fraction of sp³-hybridized carbons (Fsp3) is 0.417. The van der Waals surface area contributed by atoms with Crippen molar-refractivity contribution < 1.29 is 5.11 Å². The highest BCUT2D eigenvalue weighted by atomic mass is 32.2. The second kappa shape index (κ2) is 5.97. The molecule has 0 fully saturated rings. The summed E-state index contributed by atoms with van der Waals surface area (Å²) in [6.45, 7) is 4.19. The highest BCUT2D eigenvalue weighted by Crippen LogP contribution is 2.22. The predicted octanol–water partition coefficient (Wildman–Crippen LogP) is 2.04. The molecule has 1 aromatic heterocycles. The lowest BCUT2D eigenvalue weighted by Gasteiger charge is -2.07. The predicted molar refractivity (Wildman–Crippen MR) is 70.1 cm³/mol. The number of benzene rings is 1. The van der Waals surface area contributed by atoms with Gasteiger partial charge in [-0.15, -0.1) is 5.10 Å². The quantitative estimate of drug-likeness (QED) is 0.837. The molecule has 5 nitrogen and oxygen atoms in total. The number of rotatable bonds is 5. The summed E-state index contributed by atoms with van der Waals surface area (Å²) in [5, 5.41) is 21.5. The fourth-order valence-corrected chi connectivity index (χ4v) is 2.46. The first-order valence-corrected chi connectivity index (χ1v) is 6.78. The highest BCUT2D eigenvalue weighted by Gasteiger charge is 2.09. The van der Waals surface area contributed by atoms with Crippen molar-refractivity contribution in [3.8, 4) is 0 Å². The summed E-state index contributed by atoms with van der Waals surface area (Å²) in [6.07, 6.45) is 0. The van der Waals surface area contributed by atoms with Crippen molar-refractivity contribution in [2.75, 3.05) is 0 Å². The van der Waals surface area contributed by atoms with Crippen LogP contribution in [0.15, 0.2) is 29.4 Å². The molecule has 0 unspecified atom stereocenters. The van der Waals surface area contributed by atoms with Crippen LogP contribution in [0, 0.1) is 0 Å². The first-order chi connectivity index (χ1) is 8.70. The van der Waals surface area contributed by atoms with Crippen molar-refractivity contribution in [3.05, 3.63) is 35.4 Å². The van der Waals surface area contributed by atoms with E-state index in [-0.39, 0.29) is 12.6 Å². The third kappa shape index (κ3) is 3.08. The Morgan fingerprint density at radius 3 is 2.50 bits per heavy atom. The zero-order chi connectivity index (χ0) is 13.0. The molecule has 0 saturated heterocycles. The van der Waals surface area contributed by atoms with Gasteiger partial charge in [0.25, 0.3) is 0 Å². The number of hydrogen-bond acceptors (Lipinski definition) is 5. The van der Waals surface area contributed by atoms with Crippen molar-refractivity contribution in [2.45, 2.75) is 37.4 Å². The van der Waals surface area contributed by atoms with Gasteiger partial charge in [0.05, 0.1) is 12.6 Å². The number of tetrazole rings is 1. The summed E-state index contributed by atoms with van der Waals surface area (Å²) in [5.74, 6) is 0.818. The average Bonchev–Trinajstić information content (AvgIpc) is 2.85. The van der Waals surface area contributed by atoms with Gasteiger partial charge in [-0.2, -0.15) is 0 Å². The van der Waals surface area contributed by atoms with E-state index in [0.29, 0.717) is 0 Å². The third-order valence-corrected chi connectivity index (χ3v) is 3.53. The van der Waals surface area contributed by atoms with Crippen LogP contribution in [-0.2, 0) is 12.4 Å². The van der Waals surface area contributed by atoms with Gasteiger partial charge in [0.1, 0.15) is 0 Å². The van der Waals surface area contributed by atoms with E-state index < -0.39 is 0 Å². The Kier molecular flexibility index (Phi) is 4.33. The molecule has 6 heteroatoms. The van der Waals surface area contributed by atoms with Crippen LogP contribution in [0.2, 0.25) is 0 Å². The van der Waals surface area contributed by atoms with Crippen LogP contribution in [0.3, 0.4) is 0 Å². The Morgan fingerprint density at radius 1 is 1.22 bits per heavy atom. The second-order valence-electron chi connectivity index (χ2n) is 4.26. The number of nitrogens with zero attached hydrogens (tertiary/aromatic N) is 4. The maximum Gasteiger partial charge on any atom is 0.209 e. The molecule has 0 spiro atoms. The molecule has 0 aliphatic carbocycles. The summed E-state index contributed by atoms with van der Waals surface area (Å²) < 4.78 is 1.81. The Labute approximate surface area is 110 Å². The number of hydrogen-bond donors (Lipinski definition) is 1. The zero-order valence-corrected chi connectivity index (χ0v) is 11.3. The second-order valence-corrected chi connectivity index (χ2v) is 5.21. The number of aromatic nitrogens is 4. The van der Waals surface area contributed by atoms with Crippen LogP contribution >= 0.6 is 11.8 Å². The van der Waals surface area contributed by atoms with Gasteiger partial charge < -0.3 is 5.11 Å². The first kappa shape index (κ1) is 13.0. The molecular weight excluding hydrogens is 248 g/mol. The molecule has 0 bridgehead atoms. The molecule has 0 saturated carbocycles. The minimum Gasteiger partial charge on any atom is -0.392 e. The van der Waals surface area contributed by atoms with Crippen molar-refractivity contribution in [2.24, 2.45) is 0 Å². The summed E-state index contributed by atoms with van der Waals surface area (Å²) in [4.78, 5) is 0. The Balaban J connectivity index is 2.00. The average molecular weight is 264 g/mol. The van der Waals surface area contributed by atoms with E-state index in [1.807, 2.05) is 28.9 Å². The van der Waals surface area contributed by atoms with Gasteiger partial charge in [0.15, 0.2) is 0 Å². The lowest BCUT2D eigenvalue weighted by molar-refractivity contribution is 0.282. The van der Waals surface area contributed by atoms with Crippen molar-refractivity contribution in [1.82, 2.24) is 20.2 Å². The molecule has 1 N–H and O–H groups in total. The van der Waals surface area contributed by atoms with Crippen molar-refractivity contribution in [3.63, 3.8) is 0 Å².